The molecule has 1 atom stereocenters. The average molecular weight is 364 g/mol. The molecule has 0 aliphatic heterocycles. The molecule has 6 heteroatoms. The Morgan fingerprint density at radius 1 is 1.19 bits per heavy atom. The predicted octanol–water partition coefficient (Wildman–Crippen LogP) is 3.34. The minimum Gasteiger partial charge on any atom is -0.389 e. The number of carbonyl (C=O) groups excluding carboxylic acids is 1. The Balaban J connectivity index is 1.67. The lowest BCUT2D eigenvalue weighted by atomic mass is 10.00. The fraction of sp³-hybridized carbons (Fsp3) is 0.286. The molecule has 1 aromatic heterocycles. The van der Waals surface area contributed by atoms with Crippen molar-refractivity contribution in [3.63, 3.8) is 0 Å². The number of nitrogens with zero attached hydrogens (tertiary/aromatic N) is 3. The molecule has 0 saturated carbocycles. The fourth-order valence-electron chi connectivity index (χ4n) is 2.90. The maximum Gasteiger partial charge on any atom is 0.251 e. The third-order valence-corrected chi connectivity index (χ3v) is 4.42. The molecule has 3 rings (SSSR count). The van der Waals surface area contributed by atoms with Crippen LogP contribution in [0.3, 0.4) is 0 Å². The summed E-state index contributed by atoms with van der Waals surface area (Å²) in [5.41, 5.74) is 3.46. The summed E-state index contributed by atoms with van der Waals surface area (Å²) in [6, 6.07) is 15.2. The van der Waals surface area contributed by atoms with E-state index >= 15 is 0 Å². The first-order valence-corrected chi connectivity index (χ1v) is 9.12. The molecule has 2 N–H and O–H groups in total. The number of aryl methyl sites for hydroxylation is 1. The highest BCUT2D eigenvalue weighted by Crippen LogP contribution is 2.23. The van der Waals surface area contributed by atoms with Gasteiger partial charge in [-0.15, -0.1) is 10.2 Å². The second-order valence-electron chi connectivity index (χ2n) is 6.50. The van der Waals surface area contributed by atoms with E-state index in [1.807, 2.05) is 41.0 Å². The third-order valence-electron chi connectivity index (χ3n) is 4.42. The molecule has 1 heterocycles. The second-order valence-corrected chi connectivity index (χ2v) is 6.50. The van der Waals surface area contributed by atoms with Crippen molar-refractivity contribution in [1.29, 1.82) is 0 Å². The van der Waals surface area contributed by atoms with Gasteiger partial charge in [-0.2, -0.15) is 0 Å². The quantitative estimate of drug-likeness (QED) is 0.674. The highest BCUT2D eigenvalue weighted by Gasteiger charge is 2.09. The number of hydrogen-bond donors (Lipinski definition) is 2. The van der Waals surface area contributed by atoms with Crippen molar-refractivity contribution in [2.75, 3.05) is 0 Å². The molecule has 140 valence electrons. The number of nitrogens with one attached hydrogen (secondary N) is 1. The number of amides is 1. The number of rotatable bonds is 7. The Labute approximate surface area is 158 Å². The Kier molecular flexibility index (Phi) is 5.98. The van der Waals surface area contributed by atoms with Gasteiger partial charge in [0, 0.05) is 12.1 Å². The molecule has 3 aromatic rings. The molecule has 27 heavy (non-hydrogen) atoms. The van der Waals surface area contributed by atoms with Crippen molar-refractivity contribution in [3.8, 4) is 11.1 Å². The van der Waals surface area contributed by atoms with E-state index in [0.29, 0.717) is 12.1 Å². The zero-order chi connectivity index (χ0) is 19.2. The minimum absolute atomic E-state index is 0.148. The van der Waals surface area contributed by atoms with Gasteiger partial charge in [-0.1, -0.05) is 37.3 Å². The van der Waals surface area contributed by atoms with Crippen molar-refractivity contribution in [2.45, 2.75) is 39.5 Å². The van der Waals surface area contributed by atoms with Crippen LogP contribution in [-0.4, -0.2) is 25.8 Å². The van der Waals surface area contributed by atoms with Crippen molar-refractivity contribution in [1.82, 2.24) is 20.1 Å². The topological polar surface area (TPSA) is 80.0 Å². The van der Waals surface area contributed by atoms with Gasteiger partial charge in [-0.3, -0.25) is 4.79 Å². The van der Waals surface area contributed by atoms with E-state index in [9.17, 15) is 9.90 Å². The molecule has 2 aromatic carbocycles. The molecule has 1 amide bonds. The number of aliphatic hydroxyl groups excluding tert-OH is 1. The largest absolute Gasteiger partial charge is 0.389 e. The summed E-state index contributed by atoms with van der Waals surface area (Å²) in [4.78, 5) is 12.4. The first-order chi connectivity index (χ1) is 13.1. The first-order valence-electron chi connectivity index (χ1n) is 9.12. The molecule has 0 aliphatic rings. The molecular formula is C21H24N4O2. The van der Waals surface area contributed by atoms with Crippen molar-refractivity contribution in [3.05, 3.63) is 71.8 Å². The molecule has 0 spiro atoms. The Bertz CT molecular complexity index is 901. The summed E-state index contributed by atoms with van der Waals surface area (Å²) in [6.45, 7) is 5.00. The van der Waals surface area contributed by atoms with Crippen molar-refractivity contribution in [2.24, 2.45) is 0 Å². The lowest BCUT2D eigenvalue weighted by molar-refractivity contribution is 0.0949. The maximum absolute atomic E-state index is 12.4. The summed E-state index contributed by atoms with van der Waals surface area (Å²) in [7, 11) is 0. The normalized spacial score (nSPS) is 12.0. The van der Waals surface area contributed by atoms with Gasteiger partial charge in [0.2, 0.25) is 0 Å². The lowest BCUT2D eigenvalue weighted by Crippen LogP contribution is -2.24. The van der Waals surface area contributed by atoms with Gasteiger partial charge in [0.05, 0.1) is 12.6 Å². The molecule has 0 fully saturated rings. The summed E-state index contributed by atoms with van der Waals surface area (Å²) in [5, 5.41) is 20.6. The molecule has 0 saturated heterocycles. The van der Waals surface area contributed by atoms with Crippen LogP contribution < -0.4 is 5.32 Å². The number of hydrogen-bond acceptors (Lipinski definition) is 4. The van der Waals surface area contributed by atoms with Crippen LogP contribution in [0.25, 0.3) is 11.1 Å². The van der Waals surface area contributed by atoms with E-state index in [4.69, 9.17) is 0 Å². The number of aliphatic hydroxyl groups is 1. The number of carbonyl (C=O) groups is 1. The SMILES string of the molecule is CCCn1cnnc1CNC(=O)c1ccc(-c2cccc([C@H](C)O)c2)cc1. The van der Waals surface area contributed by atoms with Gasteiger partial charge in [-0.05, 0) is 48.2 Å². The van der Waals surface area contributed by atoms with Gasteiger partial charge in [0.25, 0.3) is 5.91 Å². The summed E-state index contributed by atoms with van der Waals surface area (Å²) in [5.74, 6) is 0.599. The van der Waals surface area contributed by atoms with Gasteiger partial charge in [-0.25, -0.2) is 0 Å². The van der Waals surface area contributed by atoms with E-state index in [1.54, 1.807) is 25.4 Å². The number of benzene rings is 2. The van der Waals surface area contributed by atoms with Crippen LogP contribution in [0.5, 0.6) is 0 Å². The zero-order valence-corrected chi connectivity index (χ0v) is 15.6. The standard InChI is InChI=1S/C21H24N4O2/c1-3-11-25-14-23-24-20(25)13-22-21(27)17-9-7-16(8-10-17)19-6-4-5-18(12-19)15(2)26/h4-10,12,14-15,26H,3,11,13H2,1-2H3,(H,22,27)/t15-/m0/s1. The first kappa shape index (κ1) is 18.8. The van der Waals surface area contributed by atoms with Crippen LogP contribution >= 0.6 is 0 Å². The molecule has 0 unspecified atom stereocenters. The minimum atomic E-state index is -0.509. The fourth-order valence-corrected chi connectivity index (χ4v) is 2.90. The monoisotopic (exact) mass is 364 g/mol. The highest BCUT2D eigenvalue weighted by atomic mass is 16.3. The van der Waals surface area contributed by atoms with E-state index in [-0.39, 0.29) is 5.91 Å². The van der Waals surface area contributed by atoms with Gasteiger partial charge < -0.3 is 15.0 Å². The predicted molar refractivity (Wildman–Crippen MR) is 104 cm³/mol. The molecule has 0 radical (unpaired) electrons. The smallest absolute Gasteiger partial charge is 0.251 e. The van der Waals surface area contributed by atoms with Crippen LogP contribution in [0.2, 0.25) is 0 Å². The van der Waals surface area contributed by atoms with Crippen LogP contribution in [0, 0.1) is 0 Å². The van der Waals surface area contributed by atoms with Gasteiger partial charge in [0.15, 0.2) is 5.82 Å². The third kappa shape index (κ3) is 4.60. The van der Waals surface area contributed by atoms with E-state index < -0.39 is 6.10 Å². The van der Waals surface area contributed by atoms with Crippen molar-refractivity contribution < 1.29 is 9.90 Å². The average Bonchev–Trinajstić information content (AvgIpc) is 3.14. The summed E-state index contributed by atoms with van der Waals surface area (Å²) < 4.78 is 1.94. The summed E-state index contributed by atoms with van der Waals surface area (Å²) in [6.07, 6.45) is 2.16. The Hall–Kier alpha value is -2.99. The van der Waals surface area contributed by atoms with E-state index in [0.717, 1.165) is 35.5 Å². The Morgan fingerprint density at radius 2 is 1.96 bits per heavy atom. The van der Waals surface area contributed by atoms with Crippen LogP contribution in [0.4, 0.5) is 0 Å². The second kappa shape index (κ2) is 8.60. The van der Waals surface area contributed by atoms with E-state index in [2.05, 4.69) is 22.4 Å². The summed E-state index contributed by atoms with van der Waals surface area (Å²) >= 11 is 0. The lowest BCUT2D eigenvalue weighted by Gasteiger charge is -2.09. The molecule has 0 bridgehead atoms. The maximum atomic E-state index is 12.4. The molecule has 0 aliphatic carbocycles. The van der Waals surface area contributed by atoms with Gasteiger partial charge in [0.1, 0.15) is 6.33 Å². The Morgan fingerprint density at radius 3 is 2.67 bits per heavy atom. The van der Waals surface area contributed by atoms with Crippen LogP contribution in [0.1, 0.15) is 48.1 Å². The van der Waals surface area contributed by atoms with Gasteiger partial charge >= 0.3 is 0 Å². The molecular weight excluding hydrogens is 340 g/mol. The van der Waals surface area contributed by atoms with E-state index in [1.165, 1.54) is 0 Å². The van der Waals surface area contributed by atoms with Crippen molar-refractivity contribution >= 4 is 5.91 Å². The highest BCUT2D eigenvalue weighted by molar-refractivity contribution is 5.94. The molecule has 6 nitrogen and oxygen atoms in total. The zero-order valence-electron chi connectivity index (χ0n) is 15.6. The number of aromatic nitrogens is 3. The van der Waals surface area contributed by atoms with Crippen LogP contribution in [-0.2, 0) is 13.1 Å². The van der Waals surface area contributed by atoms with Crippen LogP contribution in [0.15, 0.2) is 54.9 Å².